The predicted octanol–water partition coefficient (Wildman–Crippen LogP) is 12.0. The third-order valence-corrected chi connectivity index (χ3v) is 11.6. The Balaban J connectivity index is 2.36. The summed E-state index contributed by atoms with van der Waals surface area (Å²) in [5, 5.41) is 0. The van der Waals surface area contributed by atoms with Gasteiger partial charge in [-0.05, 0) is 76.0 Å². The van der Waals surface area contributed by atoms with Gasteiger partial charge in [0, 0.05) is 32.1 Å². The normalized spacial score (nSPS) is 13.6. The van der Waals surface area contributed by atoms with Crippen molar-refractivity contribution >= 4 is 25.5 Å². The third kappa shape index (κ3) is 30.5. The highest BCUT2D eigenvalue weighted by Crippen LogP contribution is 2.43. The molecule has 0 aromatic carbocycles. The van der Waals surface area contributed by atoms with E-state index in [1.54, 1.807) is 6.08 Å². The van der Waals surface area contributed by atoms with E-state index in [0.717, 1.165) is 95.7 Å². The molecule has 1 rings (SSSR count). The van der Waals surface area contributed by atoms with Crippen molar-refractivity contribution in [2.45, 2.75) is 194 Å². The van der Waals surface area contributed by atoms with E-state index in [2.05, 4.69) is 33.8 Å². The molecule has 0 amide bonds. The summed E-state index contributed by atoms with van der Waals surface area (Å²) in [6.45, 7) is 8.52. The van der Waals surface area contributed by atoms with Gasteiger partial charge in [0.1, 0.15) is 31.3 Å². The minimum Gasteiger partial charge on any atom is -0.466 e. The lowest BCUT2D eigenvalue weighted by atomic mass is 10.0. The number of unbranched alkanes of at least 4 members (excludes halogenated alkanes) is 16. The molecule has 1 heterocycles. The molecule has 0 spiro atoms. The summed E-state index contributed by atoms with van der Waals surface area (Å²) in [7, 11) is 1.40. The summed E-state index contributed by atoms with van der Waals surface area (Å²) in [6.07, 6.45) is 30.2. The molecule has 1 aromatic heterocycles. The molecule has 0 radical (unpaired) electrons. The number of quaternary nitrogens is 1. The Morgan fingerprint density at radius 1 is 0.667 bits per heavy atom. The second kappa shape index (κ2) is 34.0. The first kappa shape index (κ1) is 55.5. The van der Waals surface area contributed by atoms with Crippen LogP contribution in [-0.4, -0.2) is 80.7 Å². The monoisotopic (exact) mass is 867 g/mol. The number of hydrogen-bond acceptors (Lipinski definition) is 9. The van der Waals surface area contributed by atoms with Gasteiger partial charge in [0.2, 0.25) is 0 Å². The smallest absolute Gasteiger partial charge is 0.466 e. The lowest BCUT2D eigenvalue weighted by Crippen LogP contribution is -2.37. The second-order valence-corrected chi connectivity index (χ2v) is 18.9. The van der Waals surface area contributed by atoms with Gasteiger partial charge in [0.05, 0.1) is 27.7 Å². The van der Waals surface area contributed by atoms with Gasteiger partial charge in [-0.3, -0.25) is 23.4 Å². The van der Waals surface area contributed by atoms with Crippen molar-refractivity contribution < 1.29 is 51.3 Å². The van der Waals surface area contributed by atoms with Gasteiger partial charge in [-0.25, -0.2) is 4.57 Å². The lowest BCUT2D eigenvalue weighted by Gasteiger charge is -2.24. The molecule has 1 aromatic rings. The lowest BCUT2D eigenvalue weighted by molar-refractivity contribution is -0.870. The van der Waals surface area contributed by atoms with E-state index < -0.39 is 32.5 Å². The number of phosphoric ester groups is 1. The summed E-state index contributed by atoms with van der Waals surface area (Å²) in [5.41, 5.74) is 2.65. The number of rotatable bonds is 39. The van der Waals surface area contributed by atoms with E-state index in [1.165, 1.54) is 55.4 Å². The molecule has 0 saturated heterocycles. The SMILES string of the molecule is CCCCCC(=O)/C=C/C=C\CCCCCCCC(=O)O[C@H](COC(=O)CCCCCCCCCCc1oc(CCCCC)c(C)c1C)COP(=O)(O)OCC[N+](C)(C)C. The van der Waals surface area contributed by atoms with Crippen LogP contribution >= 0.6 is 7.82 Å². The average Bonchev–Trinajstić information content (AvgIpc) is 3.46. The van der Waals surface area contributed by atoms with E-state index in [0.29, 0.717) is 30.3 Å². The molecule has 346 valence electrons. The molecule has 0 aliphatic heterocycles. The fourth-order valence-electron chi connectivity index (χ4n) is 6.64. The number of ether oxygens (including phenoxy) is 2. The van der Waals surface area contributed by atoms with Gasteiger partial charge in [0.15, 0.2) is 11.9 Å². The Labute approximate surface area is 364 Å². The predicted molar refractivity (Wildman–Crippen MR) is 242 cm³/mol. The van der Waals surface area contributed by atoms with Crippen LogP contribution in [0.3, 0.4) is 0 Å². The quantitative estimate of drug-likeness (QED) is 0.0170. The van der Waals surface area contributed by atoms with Crippen LogP contribution in [0.1, 0.15) is 184 Å². The number of furan rings is 1. The van der Waals surface area contributed by atoms with Crippen molar-refractivity contribution in [1.29, 1.82) is 0 Å². The molecular weight excluding hydrogens is 781 g/mol. The van der Waals surface area contributed by atoms with Gasteiger partial charge in [-0.2, -0.15) is 0 Å². The van der Waals surface area contributed by atoms with Crippen LogP contribution in [0.5, 0.6) is 0 Å². The third-order valence-electron chi connectivity index (χ3n) is 10.7. The van der Waals surface area contributed by atoms with Gasteiger partial charge in [-0.15, -0.1) is 0 Å². The Morgan fingerprint density at radius 2 is 1.18 bits per heavy atom. The average molecular weight is 867 g/mol. The first-order chi connectivity index (χ1) is 28.7. The molecule has 12 heteroatoms. The Hall–Kier alpha value is -2.56. The van der Waals surface area contributed by atoms with E-state index in [9.17, 15) is 23.8 Å². The molecule has 0 bridgehead atoms. The molecule has 2 atom stereocenters. The van der Waals surface area contributed by atoms with Gasteiger partial charge in [-0.1, -0.05) is 116 Å². The number of likely N-dealkylation sites (N-methyl/N-ethyl adjacent to an activating group) is 1. The highest BCUT2D eigenvalue weighted by Gasteiger charge is 2.27. The zero-order valence-electron chi connectivity index (χ0n) is 38.9. The number of carbonyl (C=O) groups is 3. The van der Waals surface area contributed by atoms with Crippen LogP contribution in [-0.2, 0) is 50.3 Å². The number of esters is 2. The van der Waals surface area contributed by atoms with Crippen LogP contribution in [0.4, 0.5) is 0 Å². The van der Waals surface area contributed by atoms with Crippen molar-refractivity contribution in [3.8, 4) is 0 Å². The van der Waals surface area contributed by atoms with Crippen molar-refractivity contribution in [3.63, 3.8) is 0 Å². The summed E-state index contributed by atoms with van der Waals surface area (Å²) >= 11 is 0. The molecule has 0 fully saturated rings. The van der Waals surface area contributed by atoms with Crippen LogP contribution in [0.2, 0.25) is 0 Å². The summed E-state index contributed by atoms with van der Waals surface area (Å²) in [4.78, 5) is 47.3. The first-order valence-electron chi connectivity index (χ1n) is 23.4. The summed E-state index contributed by atoms with van der Waals surface area (Å²) in [5.74, 6) is 1.63. The van der Waals surface area contributed by atoms with Crippen LogP contribution < -0.4 is 0 Å². The van der Waals surface area contributed by atoms with Crippen molar-refractivity contribution in [2.24, 2.45) is 0 Å². The Kier molecular flexibility index (Phi) is 31.4. The largest absolute Gasteiger partial charge is 0.472 e. The maximum atomic E-state index is 12.7. The van der Waals surface area contributed by atoms with Crippen molar-refractivity contribution in [3.05, 3.63) is 47.0 Å². The minimum atomic E-state index is -4.41. The van der Waals surface area contributed by atoms with E-state index in [1.807, 2.05) is 33.3 Å². The highest BCUT2D eigenvalue weighted by molar-refractivity contribution is 7.47. The van der Waals surface area contributed by atoms with Crippen LogP contribution in [0.25, 0.3) is 0 Å². The molecule has 1 unspecified atom stereocenters. The fraction of sp³-hybridized carbons (Fsp3) is 0.771. The minimum absolute atomic E-state index is 0.00943. The zero-order valence-corrected chi connectivity index (χ0v) is 39.8. The van der Waals surface area contributed by atoms with Gasteiger partial charge in [0.25, 0.3) is 0 Å². The molecule has 1 N–H and O–H groups in total. The van der Waals surface area contributed by atoms with Crippen LogP contribution in [0, 0.1) is 13.8 Å². The Bertz CT molecular complexity index is 1410. The number of nitrogens with zero attached hydrogens (tertiary/aromatic N) is 1. The van der Waals surface area contributed by atoms with Gasteiger partial charge >= 0.3 is 19.8 Å². The number of ketones is 1. The molecule has 11 nitrogen and oxygen atoms in total. The zero-order chi connectivity index (χ0) is 44.5. The number of phosphoric acid groups is 1. The van der Waals surface area contributed by atoms with Crippen molar-refractivity contribution in [1.82, 2.24) is 0 Å². The van der Waals surface area contributed by atoms with Crippen LogP contribution in [0.15, 0.2) is 28.7 Å². The molecule has 0 aliphatic carbocycles. The Morgan fingerprint density at radius 3 is 1.78 bits per heavy atom. The second-order valence-electron chi connectivity index (χ2n) is 17.4. The standard InChI is InChI=1S/C48H84NO10P/c1-8-10-25-31-43(50)32-27-21-17-13-12-14-20-24-30-36-48(52)58-44(40-57-60(53,54)56-38-37-49(5,6)7)39-55-47(51)35-29-23-19-16-15-18-22-28-34-46-42(4)41(3)45(59-46)33-26-11-9-2/h17,21,27,32,44H,8-16,18-20,22-26,28-31,33-40H2,1-7H3/p+1/b21-17-,32-27+/t44-/m1/s1. The molecular formula is C48H85NO10P+. The summed E-state index contributed by atoms with van der Waals surface area (Å²) in [6, 6.07) is 0. The summed E-state index contributed by atoms with van der Waals surface area (Å²) < 4.78 is 40.6. The number of carbonyl (C=O) groups excluding carboxylic acids is 3. The first-order valence-corrected chi connectivity index (χ1v) is 24.9. The maximum Gasteiger partial charge on any atom is 0.472 e. The fourth-order valence-corrected chi connectivity index (χ4v) is 7.39. The molecule has 60 heavy (non-hydrogen) atoms. The van der Waals surface area contributed by atoms with E-state index in [4.69, 9.17) is 22.9 Å². The van der Waals surface area contributed by atoms with Crippen molar-refractivity contribution in [2.75, 3.05) is 47.5 Å². The topological polar surface area (TPSA) is 139 Å². The number of allylic oxidation sites excluding steroid dienone is 4. The molecule has 0 saturated carbocycles. The highest BCUT2D eigenvalue weighted by atomic mass is 31.2. The number of aryl methyl sites for hydroxylation is 2. The van der Waals surface area contributed by atoms with Gasteiger partial charge < -0.3 is 23.3 Å². The van der Waals surface area contributed by atoms with E-state index in [-0.39, 0.29) is 31.8 Å². The van der Waals surface area contributed by atoms with E-state index >= 15 is 0 Å². The number of hydrogen-bond donors (Lipinski definition) is 1. The molecule has 0 aliphatic rings. The maximum absolute atomic E-state index is 12.7.